The van der Waals surface area contributed by atoms with Gasteiger partial charge in [-0.15, -0.1) is 0 Å². The van der Waals surface area contributed by atoms with Crippen LogP contribution in [0.25, 0.3) is 0 Å². The second-order valence-corrected chi connectivity index (χ2v) is 5.54. The lowest BCUT2D eigenvalue weighted by Gasteiger charge is -2.18. The quantitative estimate of drug-likeness (QED) is 0.747. The van der Waals surface area contributed by atoms with Gasteiger partial charge in [0.25, 0.3) is 5.91 Å². The van der Waals surface area contributed by atoms with Crippen molar-refractivity contribution in [1.29, 1.82) is 0 Å². The summed E-state index contributed by atoms with van der Waals surface area (Å²) in [6.07, 6.45) is 0. The van der Waals surface area contributed by atoms with E-state index in [2.05, 4.69) is 5.32 Å². The molecule has 0 aromatic heterocycles. The van der Waals surface area contributed by atoms with Crippen molar-refractivity contribution >= 4 is 40.5 Å². The van der Waals surface area contributed by atoms with Gasteiger partial charge in [-0.1, -0.05) is 29.3 Å². The number of nitrogens with two attached hydrogens (primary N) is 2. The molecule has 2 rings (SSSR count). The van der Waals surface area contributed by atoms with Crippen molar-refractivity contribution in [2.24, 2.45) is 5.73 Å². The van der Waals surface area contributed by atoms with E-state index in [1.54, 1.807) is 30.3 Å². The number of halogens is 2. The Labute approximate surface area is 133 Å². The van der Waals surface area contributed by atoms with Crippen LogP contribution in [0, 0.1) is 0 Å². The highest BCUT2D eigenvalue weighted by atomic mass is 35.5. The first kappa shape index (κ1) is 15.5. The van der Waals surface area contributed by atoms with Crippen LogP contribution in [-0.2, 0) is 0 Å². The molecule has 21 heavy (non-hydrogen) atoms. The number of carbonyl (C=O) groups is 1. The smallest absolute Gasteiger partial charge is 0.250 e. The first-order chi connectivity index (χ1) is 9.88. The summed E-state index contributed by atoms with van der Waals surface area (Å²) in [4.78, 5) is 11.3. The Kier molecular flexibility index (Phi) is 4.60. The maximum absolute atomic E-state index is 11.3. The fourth-order valence-corrected chi connectivity index (χ4v) is 2.61. The Hall–Kier alpha value is -1.91. The number of benzene rings is 2. The molecule has 0 bridgehead atoms. The summed E-state index contributed by atoms with van der Waals surface area (Å²) in [5, 5.41) is 4.41. The Balaban J connectivity index is 2.25. The Bertz CT molecular complexity index is 689. The first-order valence-electron chi connectivity index (χ1n) is 6.29. The molecule has 5 N–H and O–H groups in total. The summed E-state index contributed by atoms with van der Waals surface area (Å²) in [5.41, 5.74) is 13.3. The Morgan fingerprint density at radius 3 is 2.52 bits per heavy atom. The van der Waals surface area contributed by atoms with Crippen molar-refractivity contribution < 1.29 is 4.79 Å². The van der Waals surface area contributed by atoms with E-state index in [0.717, 1.165) is 11.3 Å². The van der Waals surface area contributed by atoms with E-state index in [9.17, 15) is 4.79 Å². The van der Waals surface area contributed by atoms with Crippen LogP contribution in [0.2, 0.25) is 10.0 Å². The highest BCUT2D eigenvalue weighted by Gasteiger charge is 2.12. The van der Waals surface area contributed by atoms with Gasteiger partial charge in [0.15, 0.2) is 0 Å². The van der Waals surface area contributed by atoms with Gasteiger partial charge in [0.05, 0.1) is 5.56 Å². The first-order valence-corrected chi connectivity index (χ1v) is 7.05. The zero-order chi connectivity index (χ0) is 15.6. The Morgan fingerprint density at radius 2 is 1.90 bits per heavy atom. The van der Waals surface area contributed by atoms with Gasteiger partial charge in [-0.3, -0.25) is 4.79 Å². The molecule has 0 aliphatic heterocycles. The van der Waals surface area contributed by atoms with E-state index >= 15 is 0 Å². The second kappa shape index (κ2) is 6.24. The van der Waals surface area contributed by atoms with E-state index in [4.69, 9.17) is 34.7 Å². The number of hydrogen-bond acceptors (Lipinski definition) is 3. The average Bonchev–Trinajstić information content (AvgIpc) is 2.40. The maximum Gasteiger partial charge on any atom is 0.250 e. The summed E-state index contributed by atoms with van der Waals surface area (Å²) in [6, 6.07) is 10.3. The topological polar surface area (TPSA) is 81.1 Å². The maximum atomic E-state index is 11.3. The molecule has 110 valence electrons. The van der Waals surface area contributed by atoms with Crippen LogP contribution in [0.3, 0.4) is 0 Å². The molecule has 6 heteroatoms. The van der Waals surface area contributed by atoms with Gasteiger partial charge in [0, 0.05) is 27.5 Å². The number of nitrogen functional groups attached to an aromatic ring is 1. The number of rotatable bonds is 4. The van der Waals surface area contributed by atoms with Crippen LogP contribution in [-0.4, -0.2) is 5.91 Å². The van der Waals surface area contributed by atoms with E-state index in [-0.39, 0.29) is 11.6 Å². The average molecular weight is 324 g/mol. The molecule has 0 radical (unpaired) electrons. The third-order valence-corrected chi connectivity index (χ3v) is 3.69. The number of hydrogen-bond donors (Lipinski definition) is 3. The van der Waals surface area contributed by atoms with Gasteiger partial charge in [-0.2, -0.15) is 0 Å². The van der Waals surface area contributed by atoms with Crippen LogP contribution in [0.15, 0.2) is 36.4 Å². The number of carbonyl (C=O) groups excluding carboxylic acids is 1. The predicted molar refractivity (Wildman–Crippen MR) is 87.9 cm³/mol. The summed E-state index contributed by atoms with van der Waals surface area (Å²) >= 11 is 12.1. The van der Waals surface area contributed by atoms with Gasteiger partial charge < -0.3 is 16.8 Å². The zero-order valence-corrected chi connectivity index (χ0v) is 12.9. The SMILES string of the molecule is CC(Nc1ccc(N)c(C(N)=O)c1)c1ccc(Cl)cc1Cl. The van der Waals surface area contributed by atoms with Crippen molar-refractivity contribution in [2.45, 2.75) is 13.0 Å². The standard InChI is InChI=1S/C15H15Cl2N3O/c1-8(11-4-2-9(16)6-13(11)17)20-10-3-5-14(18)12(7-10)15(19)21/h2-8,20H,18H2,1H3,(H2,19,21). The minimum absolute atomic E-state index is 0.0703. The summed E-state index contributed by atoms with van der Waals surface area (Å²) < 4.78 is 0. The number of anilines is 2. The van der Waals surface area contributed by atoms with E-state index in [0.29, 0.717) is 15.7 Å². The van der Waals surface area contributed by atoms with Gasteiger partial charge in [-0.25, -0.2) is 0 Å². The third-order valence-electron chi connectivity index (χ3n) is 3.13. The molecule has 1 unspecified atom stereocenters. The fraction of sp³-hybridized carbons (Fsp3) is 0.133. The number of primary amides is 1. The van der Waals surface area contributed by atoms with Crippen LogP contribution in [0.1, 0.15) is 28.9 Å². The largest absolute Gasteiger partial charge is 0.398 e. The summed E-state index contributed by atoms with van der Waals surface area (Å²) in [5.74, 6) is -0.562. The van der Waals surface area contributed by atoms with Crippen LogP contribution in [0.5, 0.6) is 0 Å². The van der Waals surface area contributed by atoms with Crippen LogP contribution in [0.4, 0.5) is 11.4 Å². The molecule has 2 aromatic carbocycles. The molecule has 1 amide bonds. The van der Waals surface area contributed by atoms with Crippen molar-refractivity contribution in [1.82, 2.24) is 0 Å². The minimum atomic E-state index is -0.562. The fourth-order valence-electron chi connectivity index (χ4n) is 2.04. The molecule has 0 heterocycles. The van der Waals surface area contributed by atoms with Crippen molar-refractivity contribution in [3.63, 3.8) is 0 Å². The van der Waals surface area contributed by atoms with Gasteiger partial charge in [0.2, 0.25) is 0 Å². The number of amides is 1. The van der Waals surface area contributed by atoms with Crippen molar-refractivity contribution in [2.75, 3.05) is 11.1 Å². The molecule has 0 saturated carbocycles. The summed E-state index contributed by atoms with van der Waals surface area (Å²) in [7, 11) is 0. The Morgan fingerprint density at radius 1 is 1.19 bits per heavy atom. The molecule has 2 aromatic rings. The molecule has 0 saturated heterocycles. The lowest BCUT2D eigenvalue weighted by Crippen LogP contribution is -2.14. The van der Waals surface area contributed by atoms with Crippen molar-refractivity contribution in [3.05, 3.63) is 57.6 Å². The second-order valence-electron chi connectivity index (χ2n) is 4.70. The lowest BCUT2D eigenvalue weighted by molar-refractivity contribution is 0.100. The predicted octanol–water partition coefficient (Wildman–Crippen LogP) is 3.85. The normalized spacial score (nSPS) is 12.0. The van der Waals surface area contributed by atoms with Crippen LogP contribution >= 0.6 is 23.2 Å². The van der Waals surface area contributed by atoms with E-state index in [1.807, 2.05) is 13.0 Å². The van der Waals surface area contributed by atoms with Gasteiger partial charge >= 0.3 is 0 Å². The third kappa shape index (κ3) is 3.60. The van der Waals surface area contributed by atoms with Gasteiger partial charge in [0.1, 0.15) is 0 Å². The molecule has 0 aliphatic rings. The van der Waals surface area contributed by atoms with E-state index < -0.39 is 5.91 Å². The van der Waals surface area contributed by atoms with Gasteiger partial charge in [-0.05, 0) is 42.8 Å². The molecule has 1 atom stereocenters. The van der Waals surface area contributed by atoms with E-state index in [1.165, 1.54) is 0 Å². The van der Waals surface area contributed by atoms with Crippen LogP contribution < -0.4 is 16.8 Å². The van der Waals surface area contributed by atoms with Crippen molar-refractivity contribution in [3.8, 4) is 0 Å². The molecule has 0 spiro atoms. The lowest BCUT2D eigenvalue weighted by atomic mass is 10.1. The highest BCUT2D eigenvalue weighted by Crippen LogP contribution is 2.29. The zero-order valence-electron chi connectivity index (χ0n) is 11.4. The minimum Gasteiger partial charge on any atom is -0.398 e. The highest BCUT2D eigenvalue weighted by molar-refractivity contribution is 6.35. The molecular weight excluding hydrogens is 309 g/mol. The number of nitrogens with one attached hydrogen (secondary N) is 1. The monoisotopic (exact) mass is 323 g/mol. The molecule has 0 aliphatic carbocycles. The molecule has 0 fully saturated rings. The summed E-state index contributed by atoms with van der Waals surface area (Å²) in [6.45, 7) is 1.95. The molecular formula is C15H15Cl2N3O. The molecule has 4 nitrogen and oxygen atoms in total.